The molecule has 4 N–H and O–H groups in total. The van der Waals surface area contributed by atoms with Gasteiger partial charge in [0.25, 0.3) is 5.91 Å². The van der Waals surface area contributed by atoms with Crippen LogP contribution in [0.3, 0.4) is 0 Å². The first kappa shape index (κ1) is 13.5. The van der Waals surface area contributed by atoms with Crippen LogP contribution in [0.15, 0.2) is 22.7 Å². The van der Waals surface area contributed by atoms with E-state index in [-0.39, 0.29) is 11.8 Å². The third kappa shape index (κ3) is 4.44. The number of nitrogen functional groups attached to an aromatic ring is 1. The molecule has 0 aromatic heterocycles. The molecule has 0 aliphatic carbocycles. The van der Waals surface area contributed by atoms with Crippen molar-refractivity contribution in [2.24, 2.45) is 0 Å². The molecule has 5 nitrogen and oxygen atoms in total. The van der Waals surface area contributed by atoms with Crippen LogP contribution in [0.5, 0.6) is 0 Å². The summed E-state index contributed by atoms with van der Waals surface area (Å²) in [5.74, 6) is -0.314. The summed E-state index contributed by atoms with van der Waals surface area (Å²) < 4.78 is 0.687. The highest BCUT2D eigenvalue weighted by Gasteiger charge is 2.06. The lowest BCUT2D eigenvalue weighted by Crippen LogP contribution is -2.33. The molecule has 2 amide bonds. The summed E-state index contributed by atoms with van der Waals surface area (Å²) in [6.45, 7) is 2.23. The van der Waals surface area contributed by atoms with Crippen molar-refractivity contribution in [2.75, 3.05) is 18.8 Å². The summed E-state index contributed by atoms with van der Waals surface area (Å²) in [5.41, 5.74) is 6.72. The van der Waals surface area contributed by atoms with Crippen molar-refractivity contribution in [3.05, 3.63) is 28.2 Å². The molecule has 6 heteroatoms. The molecule has 0 heterocycles. The van der Waals surface area contributed by atoms with E-state index < -0.39 is 0 Å². The maximum Gasteiger partial charge on any atom is 0.251 e. The van der Waals surface area contributed by atoms with Gasteiger partial charge in [-0.3, -0.25) is 9.59 Å². The van der Waals surface area contributed by atoms with Gasteiger partial charge in [-0.25, -0.2) is 0 Å². The molecule has 0 spiro atoms. The molecule has 1 aromatic carbocycles. The molecule has 0 aliphatic heterocycles. The second kappa shape index (κ2) is 6.24. The van der Waals surface area contributed by atoms with Crippen LogP contribution in [0, 0.1) is 0 Å². The van der Waals surface area contributed by atoms with Crippen molar-refractivity contribution in [3.63, 3.8) is 0 Å². The number of nitrogens with two attached hydrogens (primary N) is 1. The lowest BCUT2D eigenvalue weighted by atomic mass is 10.2. The van der Waals surface area contributed by atoms with Crippen molar-refractivity contribution in [2.45, 2.75) is 6.92 Å². The maximum absolute atomic E-state index is 11.7. The predicted octanol–water partition coefficient (Wildman–Crippen LogP) is 0.897. The minimum atomic E-state index is -0.198. The van der Waals surface area contributed by atoms with Crippen LogP contribution in [0.2, 0.25) is 0 Å². The zero-order valence-electron chi connectivity index (χ0n) is 9.42. The van der Waals surface area contributed by atoms with Crippen LogP contribution in [-0.2, 0) is 4.79 Å². The summed E-state index contributed by atoms with van der Waals surface area (Å²) in [7, 11) is 0. The van der Waals surface area contributed by atoms with E-state index in [4.69, 9.17) is 5.73 Å². The molecule has 0 atom stereocenters. The number of hydrogen-bond donors (Lipinski definition) is 3. The number of halogens is 1. The largest absolute Gasteiger partial charge is 0.398 e. The fraction of sp³-hybridized carbons (Fsp3) is 0.273. The second-order valence-corrected chi connectivity index (χ2v) is 4.33. The van der Waals surface area contributed by atoms with Crippen molar-refractivity contribution in [1.82, 2.24) is 10.6 Å². The molecule has 0 radical (unpaired) electrons. The SMILES string of the molecule is CC(=O)NCCNC(=O)c1ccc(N)c(Br)c1. The average molecular weight is 300 g/mol. The van der Waals surface area contributed by atoms with Crippen LogP contribution in [-0.4, -0.2) is 24.9 Å². The Bertz CT molecular complexity index is 435. The Balaban J connectivity index is 2.47. The minimum absolute atomic E-state index is 0.116. The van der Waals surface area contributed by atoms with Crippen molar-refractivity contribution < 1.29 is 9.59 Å². The van der Waals surface area contributed by atoms with E-state index in [2.05, 4.69) is 26.6 Å². The summed E-state index contributed by atoms with van der Waals surface area (Å²) in [6, 6.07) is 4.96. The molecule has 0 aliphatic rings. The molecule has 1 aromatic rings. The van der Waals surface area contributed by atoms with Crippen molar-refractivity contribution in [1.29, 1.82) is 0 Å². The van der Waals surface area contributed by atoms with Crippen LogP contribution in [0.1, 0.15) is 17.3 Å². The highest BCUT2D eigenvalue weighted by molar-refractivity contribution is 9.10. The van der Waals surface area contributed by atoms with E-state index in [0.29, 0.717) is 28.8 Å². The number of anilines is 1. The third-order valence-electron chi connectivity index (χ3n) is 2.05. The van der Waals surface area contributed by atoms with E-state index in [9.17, 15) is 9.59 Å². The first-order valence-electron chi connectivity index (χ1n) is 5.08. The number of nitrogens with one attached hydrogen (secondary N) is 2. The monoisotopic (exact) mass is 299 g/mol. The molecular weight excluding hydrogens is 286 g/mol. The van der Waals surface area contributed by atoms with E-state index in [0.717, 1.165) is 0 Å². The first-order valence-corrected chi connectivity index (χ1v) is 5.87. The Labute approximate surface area is 108 Å². The maximum atomic E-state index is 11.7. The van der Waals surface area contributed by atoms with Gasteiger partial charge < -0.3 is 16.4 Å². The summed E-state index contributed by atoms with van der Waals surface area (Å²) in [4.78, 5) is 22.3. The van der Waals surface area contributed by atoms with Gasteiger partial charge in [-0.1, -0.05) is 0 Å². The van der Waals surface area contributed by atoms with Gasteiger partial charge in [-0.15, -0.1) is 0 Å². The van der Waals surface area contributed by atoms with E-state index in [1.54, 1.807) is 18.2 Å². The second-order valence-electron chi connectivity index (χ2n) is 3.48. The van der Waals surface area contributed by atoms with Crippen molar-refractivity contribution >= 4 is 33.4 Å². The number of hydrogen-bond acceptors (Lipinski definition) is 3. The third-order valence-corrected chi connectivity index (χ3v) is 2.73. The van der Waals surface area contributed by atoms with Gasteiger partial charge in [0, 0.05) is 35.7 Å². The number of rotatable bonds is 4. The lowest BCUT2D eigenvalue weighted by Gasteiger charge is -2.06. The van der Waals surface area contributed by atoms with E-state index in [1.807, 2.05) is 0 Å². The van der Waals surface area contributed by atoms with Gasteiger partial charge in [-0.05, 0) is 34.1 Å². The van der Waals surface area contributed by atoms with Gasteiger partial charge in [0.1, 0.15) is 0 Å². The normalized spacial score (nSPS) is 9.76. The van der Waals surface area contributed by atoms with Gasteiger partial charge in [0.05, 0.1) is 0 Å². The molecule has 0 fully saturated rings. The van der Waals surface area contributed by atoms with Crippen LogP contribution < -0.4 is 16.4 Å². The quantitative estimate of drug-likeness (QED) is 0.570. The number of carbonyl (C=O) groups is 2. The molecular formula is C11H14BrN3O2. The summed E-state index contributed by atoms with van der Waals surface area (Å²) >= 11 is 3.25. The smallest absolute Gasteiger partial charge is 0.251 e. The topological polar surface area (TPSA) is 84.2 Å². The molecule has 0 saturated heterocycles. The Morgan fingerprint density at radius 2 is 1.94 bits per heavy atom. The Morgan fingerprint density at radius 1 is 1.29 bits per heavy atom. The van der Waals surface area contributed by atoms with Gasteiger partial charge >= 0.3 is 0 Å². The highest BCUT2D eigenvalue weighted by Crippen LogP contribution is 2.20. The van der Waals surface area contributed by atoms with Crippen LogP contribution >= 0.6 is 15.9 Å². The van der Waals surface area contributed by atoms with Gasteiger partial charge in [0.15, 0.2) is 0 Å². The Morgan fingerprint density at radius 3 is 2.53 bits per heavy atom. The molecule has 1 rings (SSSR count). The van der Waals surface area contributed by atoms with Crippen LogP contribution in [0.25, 0.3) is 0 Å². The highest BCUT2D eigenvalue weighted by atomic mass is 79.9. The fourth-order valence-corrected chi connectivity index (χ4v) is 1.56. The summed E-state index contributed by atoms with van der Waals surface area (Å²) in [5, 5.41) is 5.28. The average Bonchev–Trinajstić information content (AvgIpc) is 2.27. The molecule has 17 heavy (non-hydrogen) atoms. The number of carbonyl (C=O) groups excluding carboxylic acids is 2. The molecule has 0 bridgehead atoms. The van der Waals surface area contributed by atoms with E-state index >= 15 is 0 Å². The lowest BCUT2D eigenvalue weighted by molar-refractivity contribution is -0.118. The van der Waals surface area contributed by atoms with E-state index in [1.165, 1.54) is 6.92 Å². The minimum Gasteiger partial charge on any atom is -0.398 e. The van der Waals surface area contributed by atoms with Crippen molar-refractivity contribution in [3.8, 4) is 0 Å². The predicted molar refractivity (Wildman–Crippen MR) is 69.6 cm³/mol. The summed E-state index contributed by atoms with van der Waals surface area (Å²) in [6.07, 6.45) is 0. The van der Waals surface area contributed by atoms with Gasteiger partial charge in [0.2, 0.25) is 5.91 Å². The van der Waals surface area contributed by atoms with Crippen LogP contribution in [0.4, 0.5) is 5.69 Å². The first-order chi connectivity index (χ1) is 8.00. The molecule has 0 unspecified atom stereocenters. The number of benzene rings is 1. The fourth-order valence-electron chi connectivity index (χ4n) is 1.18. The Hall–Kier alpha value is -1.56. The number of amides is 2. The van der Waals surface area contributed by atoms with Gasteiger partial charge in [-0.2, -0.15) is 0 Å². The zero-order chi connectivity index (χ0) is 12.8. The Kier molecular flexibility index (Phi) is 4.96. The standard InChI is InChI=1S/C11H14BrN3O2/c1-7(16)14-4-5-15-11(17)8-2-3-10(13)9(12)6-8/h2-3,6H,4-5,13H2,1H3,(H,14,16)(H,15,17). The molecule has 0 saturated carbocycles. The zero-order valence-corrected chi connectivity index (χ0v) is 11.0. The molecule has 92 valence electrons.